The molecule has 0 radical (unpaired) electrons. The molecule has 0 saturated heterocycles. The standard InChI is InChI=1S/C25H34F2N4O3/c1-6-33-22(24(32)30-13-16-7-9-17(10-8-16)23(28)29)20-18(26)11-12-19(21(20)27)34-15-25(2,3)14-31(4)5/h7-12,22H,6,13-15H2,1-5H3,(H3,28,29)(H,30,32). The number of ether oxygens (including phenoxy) is 2. The number of benzene rings is 2. The van der Waals surface area contributed by atoms with E-state index in [2.05, 4.69) is 5.32 Å². The van der Waals surface area contributed by atoms with E-state index in [0.29, 0.717) is 12.1 Å². The van der Waals surface area contributed by atoms with Gasteiger partial charge in [-0.25, -0.2) is 8.78 Å². The van der Waals surface area contributed by atoms with E-state index >= 15 is 4.39 Å². The number of carbonyl (C=O) groups excluding carboxylic acids is 1. The third kappa shape index (κ3) is 7.50. The van der Waals surface area contributed by atoms with E-state index in [0.717, 1.165) is 11.6 Å². The molecule has 0 aliphatic heterocycles. The van der Waals surface area contributed by atoms with Crippen molar-refractivity contribution in [2.45, 2.75) is 33.4 Å². The van der Waals surface area contributed by atoms with Gasteiger partial charge in [-0.15, -0.1) is 0 Å². The van der Waals surface area contributed by atoms with Gasteiger partial charge in [-0.2, -0.15) is 0 Å². The third-order valence-corrected chi connectivity index (χ3v) is 5.02. The zero-order valence-electron chi connectivity index (χ0n) is 20.4. The summed E-state index contributed by atoms with van der Waals surface area (Å²) in [5, 5.41) is 10.1. The summed E-state index contributed by atoms with van der Waals surface area (Å²) in [6.45, 7) is 6.70. The number of nitrogen functional groups attached to an aromatic ring is 1. The van der Waals surface area contributed by atoms with Crippen LogP contribution in [0.25, 0.3) is 0 Å². The van der Waals surface area contributed by atoms with Gasteiger partial charge >= 0.3 is 0 Å². The molecular weight excluding hydrogens is 442 g/mol. The van der Waals surface area contributed by atoms with Gasteiger partial charge in [-0.3, -0.25) is 10.2 Å². The van der Waals surface area contributed by atoms with Gasteiger partial charge in [0.05, 0.1) is 12.2 Å². The molecule has 0 fully saturated rings. The van der Waals surface area contributed by atoms with Crippen LogP contribution in [0.2, 0.25) is 0 Å². The zero-order chi connectivity index (χ0) is 25.5. The highest BCUT2D eigenvalue weighted by atomic mass is 19.1. The first kappa shape index (κ1) is 27.2. The fraction of sp³-hybridized carbons (Fsp3) is 0.440. The lowest BCUT2D eigenvalue weighted by molar-refractivity contribution is -0.133. The van der Waals surface area contributed by atoms with Crippen molar-refractivity contribution in [3.8, 4) is 5.75 Å². The number of halogens is 2. The second-order valence-corrected chi connectivity index (χ2v) is 9.13. The molecule has 7 nitrogen and oxygen atoms in total. The summed E-state index contributed by atoms with van der Waals surface area (Å²) in [5.41, 5.74) is 5.96. The molecule has 1 amide bonds. The minimum atomic E-state index is -1.49. The molecule has 0 heterocycles. The molecule has 2 aromatic rings. The largest absolute Gasteiger partial charge is 0.490 e. The first-order valence-electron chi connectivity index (χ1n) is 11.0. The first-order valence-corrected chi connectivity index (χ1v) is 11.0. The first-order chi connectivity index (χ1) is 15.9. The number of nitrogens with zero attached hydrogens (tertiary/aromatic N) is 1. The van der Waals surface area contributed by atoms with Crippen LogP contribution >= 0.6 is 0 Å². The second-order valence-electron chi connectivity index (χ2n) is 9.13. The summed E-state index contributed by atoms with van der Waals surface area (Å²) in [6.07, 6.45) is -1.49. The molecule has 2 aromatic carbocycles. The van der Waals surface area contributed by atoms with Crippen LogP contribution in [0.4, 0.5) is 8.78 Å². The summed E-state index contributed by atoms with van der Waals surface area (Å²) in [4.78, 5) is 14.9. The molecule has 34 heavy (non-hydrogen) atoms. The average Bonchev–Trinajstić information content (AvgIpc) is 2.75. The summed E-state index contributed by atoms with van der Waals surface area (Å²) in [7, 11) is 3.86. The van der Waals surface area contributed by atoms with Crippen LogP contribution in [0.5, 0.6) is 5.75 Å². The number of carbonyl (C=O) groups is 1. The van der Waals surface area contributed by atoms with Gasteiger partial charge in [0.25, 0.3) is 5.91 Å². The molecule has 2 rings (SSSR count). The maximum atomic E-state index is 15.3. The molecule has 1 atom stereocenters. The molecule has 0 aliphatic rings. The SMILES string of the molecule is CCOC(C(=O)NCc1ccc(C(=N)N)cc1)c1c(F)ccc(OCC(C)(C)CN(C)C)c1F. The third-order valence-electron chi connectivity index (χ3n) is 5.02. The van der Waals surface area contributed by atoms with Crippen molar-refractivity contribution in [1.29, 1.82) is 5.41 Å². The Labute approximate surface area is 199 Å². The number of nitrogens with one attached hydrogen (secondary N) is 2. The van der Waals surface area contributed by atoms with Crippen LogP contribution in [0.3, 0.4) is 0 Å². The van der Waals surface area contributed by atoms with E-state index in [1.807, 2.05) is 32.8 Å². The van der Waals surface area contributed by atoms with E-state index in [-0.39, 0.29) is 36.8 Å². The number of hydrogen-bond donors (Lipinski definition) is 3. The smallest absolute Gasteiger partial charge is 0.254 e. The molecule has 0 bridgehead atoms. The Balaban J connectivity index is 2.20. The number of rotatable bonds is 12. The lowest BCUT2D eigenvalue weighted by atomic mass is 9.94. The van der Waals surface area contributed by atoms with Gasteiger partial charge in [0, 0.05) is 30.7 Å². The predicted molar refractivity (Wildman–Crippen MR) is 128 cm³/mol. The van der Waals surface area contributed by atoms with Crippen LogP contribution in [-0.2, 0) is 16.1 Å². The normalized spacial score (nSPS) is 12.5. The Kier molecular flexibility index (Phi) is 9.52. The molecule has 0 aromatic heterocycles. The maximum absolute atomic E-state index is 15.3. The highest BCUT2D eigenvalue weighted by Crippen LogP contribution is 2.31. The molecule has 0 spiro atoms. The Bertz CT molecular complexity index is 994. The fourth-order valence-corrected chi connectivity index (χ4v) is 3.62. The molecule has 1 unspecified atom stereocenters. The fourth-order valence-electron chi connectivity index (χ4n) is 3.62. The van der Waals surface area contributed by atoms with E-state index < -0.39 is 29.2 Å². The van der Waals surface area contributed by atoms with Crippen LogP contribution in [-0.4, -0.2) is 50.5 Å². The number of nitrogens with two attached hydrogens (primary N) is 1. The van der Waals surface area contributed by atoms with Gasteiger partial charge in [-0.05, 0) is 38.7 Å². The minimum Gasteiger partial charge on any atom is -0.490 e. The van der Waals surface area contributed by atoms with Crippen LogP contribution in [0.15, 0.2) is 36.4 Å². The monoisotopic (exact) mass is 476 g/mol. The molecular formula is C25H34F2N4O3. The lowest BCUT2D eigenvalue weighted by Gasteiger charge is -2.28. The molecule has 0 saturated carbocycles. The quantitative estimate of drug-likeness (QED) is 0.321. The highest BCUT2D eigenvalue weighted by molar-refractivity contribution is 5.94. The number of amides is 1. The molecule has 186 valence electrons. The van der Waals surface area contributed by atoms with Gasteiger partial charge in [0.2, 0.25) is 0 Å². The Morgan fingerprint density at radius 3 is 2.38 bits per heavy atom. The Hall–Kier alpha value is -3.04. The maximum Gasteiger partial charge on any atom is 0.254 e. The van der Waals surface area contributed by atoms with E-state index in [4.69, 9.17) is 20.6 Å². The minimum absolute atomic E-state index is 0.0647. The van der Waals surface area contributed by atoms with Crippen molar-refractivity contribution in [2.24, 2.45) is 11.1 Å². The number of hydrogen-bond acceptors (Lipinski definition) is 5. The Morgan fingerprint density at radius 1 is 1.18 bits per heavy atom. The summed E-state index contributed by atoms with van der Waals surface area (Å²) >= 11 is 0. The molecule has 0 aliphatic carbocycles. The van der Waals surface area contributed by atoms with Gasteiger partial charge in [-0.1, -0.05) is 38.1 Å². The van der Waals surface area contributed by atoms with E-state index in [1.165, 1.54) is 6.07 Å². The van der Waals surface area contributed by atoms with Crippen molar-refractivity contribution in [1.82, 2.24) is 10.2 Å². The molecule has 4 N–H and O–H groups in total. The van der Waals surface area contributed by atoms with Gasteiger partial charge < -0.3 is 25.4 Å². The zero-order valence-corrected chi connectivity index (χ0v) is 20.4. The summed E-state index contributed by atoms with van der Waals surface area (Å²) < 4.78 is 41.1. The van der Waals surface area contributed by atoms with E-state index in [1.54, 1.807) is 31.2 Å². The lowest BCUT2D eigenvalue weighted by Crippen LogP contribution is -2.34. The van der Waals surface area contributed by atoms with Gasteiger partial charge in [0.1, 0.15) is 11.7 Å². The molecule has 9 heteroatoms. The van der Waals surface area contributed by atoms with E-state index in [9.17, 15) is 9.18 Å². The predicted octanol–water partition coefficient (Wildman–Crippen LogP) is 3.61. The van der Waals surface area contributed by atoms with Crippen LogP contribution in [0, 0.1) is 22.5 Å². The summed E-state index contributed by atoms with van der Waals surface area (Å²) in [6, 6.07) is 9.02. The van der Waals surface area contributed by atoms with Crippen molar-refractivity contribution in [3.63, 3.8) is 0 Å². The highest BCUT2D eigenvalue weighted by Gasteiger charge is 2.30. The topological polar surface area (TPSA) is 101 Å². The van der Waals surface area contributed by atoms with Crippen LogP contribution < -0.4 is 15.8 Å². The summed E-state index contributed by atoms with van der Waals surface area (Å²) in [5.74, 6) is -2.73. The van der Waals surface area contributed by atoms with Gasteiger partial charge in [0.15, 0.2) is 17.7 Å². The van der Waals surface area contributed by atoms with Crippen molar-refractivity contribution in [3.05, 3.63) is 64.7 Å². The number of amidine groups is 1. The second kappa shape index (κ2) is 11.9. The van der Waals surface area contributed by atoms with Crippen LogP contribution in [0.1, 0.15) is 43.6 Å². The van der Waals surface area contributed by atoms with Crippen molar-refractivity contribution in [2.75, 3.05) is 33.9 Å². The van der Waals surface area contributed by atoms with Crippen molar-refractivity contribution < 1.29 is 23.0 Å². The van der Waals surface area contributed by atoms with Crippen molar-refractivity contribution >= 4 is 11.7 Å². The Morgan fingerprint density at radius 2 is 1.82 bits per heavy atom. The average molecular weight is 477 g/mol.